The van der Waals surface area contributed by atoms with Crippen LogP contribution in [0.15, 0.2) is 54.6 Å². The van der Waals surface area contributed by atoms with Crippen LogP contribution in [-0.4, -0.2) is 43.0 Å². The summed E-state index contributed by atoms with van der Waals surface area (Å²) in [5.41, 5.74) is 7.74. The molecule has 1 aliphatic heterocycles. The number of para-hydroxylation sites is 1. The molecule has 1 fully saturated rings. The lowest BCUT2D eigenvalue weighted by Crippen LogP contribution is -2.53. The maximum absolute atomic E-state index is 13.9. The molecule has 0 aromatic heterocycles. The maximum atomic E-state index is 13.9. The van der Waals surface area contributed by atoms with Gasteiger partial charge in [0.25, 0.3) is 0 Å². The van der Waals surface area contributed by atoms with Gasteiger partial charge >= 0.3 is 0 Å². The molecule has 0 spiro atoms. The molecule has 26 heavy (non-hydrogen) atoms. The molecule has 1 unspecified atom stereocenters. The van der Waals surface area contributed by atoms with Crippen LogP contribution in [0.4, 0.5) is 10.1 Å². The highest BCUT2D eigenvalue weighted by Gasteiger charge is 2.26. The summed E-state index contributed by atoms with van der Waals surface area (Å²) >= 11 is 0. The minimum Gasteiger partial charge on any atom is -0.366 e. The van der Waals surface area contributed by atoms with E-state index in [9.17, 15) is 9.18 Å². The van der Waals surface area contributed by atoms with Crippen LogP contribution in [-0.2, 0) is 11.2 Å². The largest absolute Gasteiger partial charge is 0.366 e. The minimum atomic E-state index is -0.535. The van der Waals surface area contributed by atoms with Crippen LogP contribution in [0.25, 0.3) is 0 Å². The van der Waals surface area contributed by atoms with Crippen molar-refractivity contribution >= 4 is 36.4 Å². The third-order valence-electron chi connectivity index (χ3n) is 4.40. The number of carbonyl (C=O) groups excluding carboxylic acids is 1. The highest BCUT2D eigenvalue weighted by molar-refractivity contribution is 5.85. The molecule has 0 bridgehead atoms. The summed E-state index contributed by atoms with van der Waals surface area (Å²) < 4.78 is 13.9. The van der Waals surface area contributed by atoms with E-state index in [0.29, 0.717) is 38.3 Å². The summed E-state index contributed by atoms with van der Waals surface area (Å²) in [4.78, 5) is 16.3. The Bertz CT molecular complexity index is 694. The van der Waals surface area contributed by atoms with E-state index in [-0.39, 0.29) is 36.5 Å². The van der Waals surface area contributed by atoms with Crippen molar-refractivity contribution in [2.24, 2.45) is 5.73 Å². The van der Waals surface area contributed by atoms with E-state index in [1.807, 2.05) is 41.3 Å². The van der Waals surface area contributed by atoms with E-state index < -0.39 is 6.04 Å². The standard InChI is InChI=1S/C19H22FN3O.2ClH/c20-16-8-4-5-9-18(16)22-10-12-23(13-11-22)19(24)17(21)14-15-6-2-1-3-7-15;;/h1-9,17H,10-14,21H2;2*1H. The van der Waals surface area contributed by atoms with Gasteiger partial charge in [-0.25, -0.2) is 4.39 Å². The van der Waals surface area contributed by atoms with E-state index in [0.717, 1.165) is 5.56 Å². The first-order chi connectivity index (χ1) is 11.6. The van der Waals surface area contributed by atoms with Crippen molar-refractivity contribution in [3.8, 4) is 0 Å². The Hall–Kier alpha value is -1.82. The van der Waals surface area contributed by atoms with Crippen molar-refractivity contribution in [1.29, 1.82) is 0 Å². The van der Waals surface area contributed by atoms with Crippen LogP contribution < -0.4 is 10.6 Å². The van der Waals surface area contributed by atoms with E-state index >= 15 is 0 Å². The van der Waals surface area contributed by atoms with E-state index in [1.165, 1.54) is 6.07 Å². The molecule has 2 aromatic carbocycles. The molecule has 0 saturated carbocycles. The minimum absolute atomic E-state index is 0. The average molecular weight is 400 g/mol. The normalized spacial score (nSPS) is 14.8. The Kier molecular flexibility index (Phi) is 8.85. The molecular weight excluding hydrogens is 376 g/mol. The van der Waals surface area contributed by atoms with E-state index in [1.54, 1.807) is 17.0 Å². The highest BCUT2D eigenvalue weighted by atomic mass is 35.5. The first kappa shape index (κ1) is 22.2. The fourth-order valence-corrected chi connectivity index (χ4v) is 3.07. The number of halogens is 3. The van der Waals surface area contributed by atoms with Crippen molar-refractivity contribution in [2.75, 3.05) is 31.1 Å². The van der Waals surface area contributed by atoms with Crippen LogP contribution in [0.5, 0.6) is 0 Å². The number of amides is 1. The van der Waals surface area contributed by atoms with Gasteiger partial charge in [-0.1, -0.05) is 42.5 Å². The Morgan fingerprint density at radius 3 is 2.15 bits per heavy atom. The summed E-state index contributed by atoms with van der Waals surface area (Å²) in [5, 5.41) is 0. The molecule has 3 rings (SSSR count). The monoisotopic (exact) mass is 399 g/mol. The summed E-state index contributed by atoms with van der Waals surface area (Å²) in [6.07, 6.45) is 0.535. The highest BCUT2D eigenvalue weighted by Crippen LogP contribution is 2.20. The number of nitrogens with zero attached hydrogens (tertiary/aromatic N) is 2. The molecule has 2 N–H and O–H groups in total. The van der Waals surface area contributed by atoms with Gasteiger partial charge in [-0.2, -0.15) is 0 Å². The van der Waals surface area contributed by atoms with Gasteiger partial charge in [0.15, 0.2) is 0 Å². The van der Waals surface area contributed by atoms with Gasteiger partial charge in [-0.05, 0) is 24.1 Å². The molecule has 142 valence electrons. The second-order valence-electron chi connectivity index (χ2n) is 6.06. The summed E-state index contributed by atoms with van der Waals surface area (Å²) in [6.45, 7) is 2.36. The van der Waals surface area contributed by atoms with Crippen molar-refractivity contribution in [3.63, 3.8) is 0 Å². The zero-order chi connectivity index (χ0) is 16.9. The van der Waals surface area contributed by atoms with Crippen LogP contribution >= 0.6 is 24.8 Å². The molecule has 1 atom stereocenters. The van der Waals surface area contributed by atoms with Gasteiger partial charge in [0.1, 0.15) is 5.82 Å². The van der Waals surface area contributed by atoms with Crippen LogP contribution in [0.2, 0.25) is 0 Å². The fourth-order valence-electron chi connectivity index (χ4n) is 3.07. The van der Waals surface area contributed by atoms with Crippen LogP contribution in [0, 0.1) is 5.82 Å². The summed E-state index contributed by atoms with van der Waals surface area (Å²) in [6, 6.07) is 16.0. The van der Waals surface area contributed by atoms with Crippen molar-refractivity contribution in [1.82, 2.24) is 4.90 Å². The third-order valence-corrected chi connectivity index (χ3v) is 4.40. The topological polar surface area (TPSA) is 49.6 Å². The molecule has 4 nitrogen and oxygen atoms in total. The lowest BCUT2D eigenvalue weighted by molar-refractivity contribution is -0.132. The van der Waals surface area contributed by atoms with Crippen molar-refractivity contribution in [3.05, 3.63) is 66.0 Å². The third kappa shape index (κ3) is 5.34. The van der Waals surface area contributed by atoms with Crippen LogP contribution in [0.3, 0.4) is 0 Å². The number of hydrogen-bond donors (Lipinski definition) is 1. The van der Waals surface area contributed by atoms with Gasteiger partial charge < -0.3 is 15.5 Å². The van der Waals surface area contributed by atoms with Crippen LogP contribution in [0.1, 0.15) is 5.56 Å². The quantitative estimate of drug-likeness (QED) is 0.859. The predicted octanol–water partition coefficient (Wildman–Crippen LogP) is 2.89. The number of rotatable bonds is 4. The van der Waals surface area contributed by atoms with E-state index in [2.05, 4.69) is 0 Å². The first-order valence-corrected chi connectivity index (χ1v) is 8.23. The molecule has 1 amide bonds. The second-order valence-corrected chi connectivity index (χ2v) is 6.06. The van der Waals surface area contributed by atoms with Gasteiger partial charge in [-0.15, -0.1) is 24.8 Å². The summed E-state index contributed by atoms with van der Waals surface area (Å²) in [5.74, 6) is -0.259. The lowest BCUT2D eigenvalue weighted by atomic mass is 10.1. The average Bonchev–Trinajstić information content (AvgIpc) is 2.62. The zero-order valence-electron chi connectivity index (χ0n) is 14.4. The lowest BCUT2D eigenvalue weighted by Gasteiger charge is -2.37. The zero-order valence-corrected chi connectivity index (χ0v) is 16.0. The number of hydrogen-bond acceptors (Lipinski definition) is 3. The van der Waals surface area contributed by atoms with Gasteiger partial charge in [0.05, 0.1) is 11.7 Å². The molecule has 2 aromatic rings. The molecule has 0 radical (unpaired) electrons. The molecule has 1 heterocycles. The second kappa shape index (κ2) is 10.4. The number of piperazine rings is 1. The fraction of sp³-hybridized carbons (Fsp3) is 0.316. The van der Waals surface area contributed by atoms with Gasteiger partial charge in [0, 0.05) is 26.2 Å². The number of benzene rings is 2. The SMILES string of the molecule is Cl.Cl.NC(Cc1ccccc1)C(=O)N1CCN(c2ccccc2F)CC1. The smallest absolute Gasteiger partial charge is 0.239 e. The molecule has 0 aliphatic carbocycles. The van der Waals surface area contributed by atoms with Gasteiger partial charge in [-0.3, -0.25) is 4.79 Å². The molecule has 1 aliphatic rings. The maximum Gasteiger partial charge on any atom is 0.239 e. The Morgan fingerprint density at radius 2 is 1.54 bits per heavy atom. The Balaban J connectivity index is 0.00000169. The summed E-state index contributed by atoms with van der Waals surface area (Å²) in [7, 11) is 0. The molecular formula is C19H24Cl2FN3O. The number of anilines is 1. The molecule has 7 heteroatoms. The Labute approximate surface area is 166 Å². The Morgan fingerprint density at radius 1 is 0.962 bits per heavy atom. The number of carbonyl (C=O) groups is 1. The van der Waals surface area contributed by atoms with Crippen molar-refractivity contribution in [2.45, 2.75) is 12.5 Å². The van der Waals surface area contributed by atoms with E-state index in [4.69, 9.17) is 5.73 Å². The predicted molar refractivity (Wildman–Crippen MR) is 108 cm³/mol. The van der Waals surface area contributed by atoms with Crippen molar-refractivity contribution < 1.29 is 9.18 Å². The van der Waals surface area contributed by atoms with Gasteiger partial charge in [0.2, 0.25) is 5.91 Å². The first-order valence-electron chi connectivity index (χ1n) is 8.23. The molecule has 1 saturated heterocycles. The number of nitrogens with two attached hydrogens (primary N) is 1.